The SMILES string of the molecule is COc1ccc2c(OCc3nnc4ccc(-c5ccc(CN)c(Cl)c5)nn34)ccnc2c1. The second-order valence-corrected chi connectivity index (χ2v) is 7.50. The second-order valence-electron chi connectivity index (χ2n) is 7.10. The number of ether oxygens (including phenoxy) is 2. The van der Waals surface area contributed by atoms with Gasteiger partial charge in [-0.15, -0.1) is 10.2 Å². The normalized spacial score (nSPS) is 11.2. The summed E-state index contributed by atoms with van der Waals surface area (Å²) < 4.78 is 13.0. The molecule has 9 heteroatoms. The smallest absolute Gasteiger partial charge is 0.192 e. The zero-order valence-corrected chi connectivity index (χ0v) is 18.0. The summed E-state index contributed by atoms with van der Waals surface area (Å²) in [5, 5.41) is 14.6. The molecule has 5 aromatic rings. The largest absolute Gasteiger partial charge is 0.497 e. The summed E-state index contributed by atoms with van der Waals surface area (Å²) in [5.74, 6) is 2.00. The van der Waals surface area contributed by atoms with Crippen LogP contribution >= 0.6 is 11.6 Å². The molecule has 3 heterocycles. The topological polar surface area (TPSA) is 100 Å². The lowest BCUT2D eigenvalue weighted by atomic mass is 10.1. The first kappa shape index (κ1) is 20.2. The summed E-state index contributed by atoms with van der Waals surface area (Å²) in [6.07, 6.45) is 1.70. The third-order valence-corrected chi connectivity index (χ3v) is 5.51. The van der Waals surface area contributed by atoms with Crippen LogP contribution in [-0.4, -0.2) is 31.9 Å². The van der Waals surface area contributed by atoms with Gasteiger partial charge in [-0.1, -0.05) is 23.7 Å². The Morgan fingerprint density at radius 2 is 1.94 bits per heavy atom. The highest BCUT2D eigenvalue weighted by Crippen LogP contribution is 2.28. The Hall–Kier alpha value is -3.75. The number of fused-ring (bicyclic) bond motifs is 2. The summed E-state index contributed by atoms with van der Waals surface area (Å²) in [5.41, 5.74) is 9.62. The van der Waals surface area contributed by atoms with Gasteiger partial charge in [-0.25, -0.2) is 0 Å². The minimum atomic E-state index is 0.190. The number of nitrogens with zero attached hydrogens (tertiary/aromatic N) is 5. The van der Waals surface area contributed by atoms with E-state index < -0.39 is 0 Å². The highest BCUT2D eigenvalue weighted by molar-refractivity contribution is 6.31. The number of aromatic nitrogens is 5. The molecule has 160 valence electrons. The first-order valence-electron chi connectivity index (χ1n) is 9.92. The molecule has 5 rings (SSSR count). The number of methoxy groups -OCH3 is 1. The molecule has 0 amide bonds. The summed E-state index contributed by atoms with van der Waals surface area (Å²) in [4.78, 5) is 4.39. The molecule has 0 saturated heterocycles. The first-order valence-corrected chi connectivity index (χ1v) is 10.3. The predicted octanol–water partition coefficient (Wildman–Crippen LogP) is 4.04. The van der Waals surface area contributed by atoms with Crippen molar-refractivity contribution in [1.29, 1.82) is 0 Å². The van der Waals surface area contributed by atoms with Crippen LogP contribution in [0.5, 0.6) is 11.5 Å². The molecule has 0 aliphatic rings. The minimum absolute atomic E-state index is 0.190. The lowest BCUT2D eigenvalue weighted by Gasteiger charge is -2.09. The lowest BCUT2D eigenvalue weighted by molar-refractivity contribution is 0.296. The number of hydrogen-bond acceptors (Lipinski definition) is 7. The van der Waals surface area contributed by atoms with Gasteiger partial charge in [0.2, 0.25) is 0 Å². The van der Waals surface area contributed by atoms with Gasteiger partial charge in [0.1, 0.15) is 18.1 Å². The van der Waals surface area contributed by atoms with Gasteiger partial charge in [-0.3, -0.25) is 4.98 Å². The Kier molecular flexibility index (Phi) is 5.30. The van der Waals surface area contributed by atoms with Crippen molar-refractivity contribution in [3.05, 3.63) is 77.2 Å². The zero-order valence-electron chi connectivity index (χ0n) is 17.2. The molecular formula is C23H19ClN6O2. The van der Waals surface area contributed by atoms with Gasteiger partial charge >= 0.3 is 0 Å². The number of rotatable bonds is 6. The molecule has 0 radical (unpaired) electrons. The standard InChI is InChI=1S/C23H19ClN6O2/c1-31-16-4-5-17-20(11-16)26-9-8-21(17)32-13-23-28-27-22-7-6-19(29-30(22)23)14-2-3-15(12-25)18(24)10-14/h2-11H,12-13,25H2,1H3. The Bertz CT molecular complexity index is 1440. The van der Waals surface area contributed by atoms with Crippen LogP contribution in [0.15, 0.2) is 60.8 Å². The second kappa shape index (κ2) is 8.41. The monoisotopic (exact) mass is 446 g/mol. The maximum Gasteiger partial charge on any atom is 0.192 e. The van der Waals surface area contributed by atoms with Gasteiger partial charge in [-0.05, 0) is 42.0 Å². The van der Waals surface area contributed by atoms with Crippen LogP contribution in [0.25, 0.3) is 27.8 Å². The van der Waals surface area contributed by atoms with E-state index in [1.165, 1.54) is 0 Å². The summed E-state index contributed by atoms with van der Waals surface area (Å²) in [6, 6.07) is 16.9. The van der Waals surface area contributed by atoms with Gasteiger partial charge in [0.25, 0.3) is 0 Å². The number of benzene rings is 2. The Labute approximate surface area is 188 Å². The van der Waals surface area contributed by atoms with Gasteiger partial charge in [0.15, 0.2) is 11.5 Å². The van der Waals surface area contributed by atoms with Crippen molar-refractivity contribution < 1.29 is 9.47 Å². The van der Waals surface area contributed by atoms with Crippen LogP contribution < -0.4 is 15.2 Å². The number of hydrogen-bond donors (Lipinski definition) is 1. The third kappa shape index (κ3) is 3.70. The van der Waals surface area contributed by atoms with Crippen molar-refractivity contribution in [2.24, 2.45) is 5.73 Å². The summed E-state index contributed by atoms with van der Waals surface area (Å²) in [7, 11) is 1.62. The van der Waals surface area contributed by atoms with Gasteiger partial charge in [0, 0.05) is 34.8 Å². The van der Waals surface area contributed by atoms with E-state index in [0.29, 0.717) is 28.8 Å². The van der Waals surface area contributed by atoms with Crippen LogP contribution in [0.3, 0.4) is 0 Å². The summed E-state index contributed by atoms with van der Waals surface area (Å²) >= 11 is 6.32. The van der Waals surface area contributed by atoms with Crippen molar-refractivity contribution in [1.82, 2.24) is 24.8 Å². The molecule has 0 saturated carbocycles. The molecule has 0 aliphatic heterocycles. The third-order valence-electron chi connectivity index (χ3n) is 5.16. The van der Waals surface area contributed by atoms with Gasteiger partial charge in [0.05, 0.1) is 18.3 Å². The Balaban J connectivity index is 1.45. The van der Waals surface area contributed by atoms with Crippen molar-refractivity contribution in [2.75, 3.05) is 7.11 Å². The highest BCUT2D eigenvalue weighted by Gasteiger charge is 2.12. The fourth-order valence-electron chi connectivity index (χ4n) is 3.45. The molecule has 32 heavy (non-hydrogen) atoms. The number of nitrogens with two attached hydrogens (primary N) is 1. The van der Waals surface area contributed by atoms with Gasteiger partial charge in [-0.2, -0.15) is 9.61 Å². The molecule has 3 aromatic heterocycles. The Morgan fingerprint density at radius 3 is 2.75 bits per heavy atom. The number of pyridine rings is 1. The van der Waals surface area contributed by atoms with Crippen molar-refractivity contribution in [3.8, 4) is 22.8 Å². The summed E-state index contributed by atoms with van der Waals surface area (Å²) in [6.45, 7) is 0.574. The van der Waals surface area contributed by atoms with Gasteiger partial charge < -0.3 is 15.2 Å². The maximum atomic E-state index is 6.32. The van der Waals surface area contributed by atoms with Crippen molar-refractivity contribution in [2.45, 2.75) is 13.2 Å². The van der Waals surface area contributed by atoms with Crippen molar-refractivity contribution >= 4 is 28.2 Å². The molecule has 0 aliphatic carbocycles. The van der Waals surface area contributed by atoms with E-state index in [0.717, 1.165) is 33.5 Å². The van der Waals surface area contributed by atoms with Crippen LogP contribution in [0, 0.1) is 0 Å². The molecule has 0 atom stereocenters. The van der Waals surface area contributed by atoms with E-state index in [-0.39, 0.29) is 6.61 Å². The van der Waals surface area contributed by atoms with E-state index in [1.54, 1.807) is 17.8 Å². The fraction of sp³-hybridized carbons (Fsp3) is 0.130. The quantitative estimate of drug-likeness (QED) is 0.420. The van der Waals surface area contributed by atoms with E-state index in [1.807, 2.05) is 54.6 Å². The lowest BCUT2D eigenvalue weighted by Crippen LogP contribution is -2.05. The van der Waals surface area contributed by atoms with Crippen LogP contribution in [-0.2, 0) is 13.2 Å². The molecule has 0 fully saturated rings. The Morgan fingerprint density at radius 1 is 1.03 bits per heavy atom. The minimum Gasteiger partial charge on any atom is -0.497 e. The van der Waals surface area contributed by atoms with E-state index in [4.69, 9.17) is 31.9 Å². The maximum absolute atomic E-state index is 6.32. The number of halogens is 1. The van der Waals surface area contributed by atoms with Crippen LogP contribution in [0.1, 0.15) is 11.4 Å². The molecule has 8 nitrogen and oxygen atoms in total. The molecule has 0 bridgehead atoms. The van der Waals surface area contributed by atoms with Crippen molar-refractivity contribution in [3.63, 3.8) is 0 Å². The van der Waals surface area contributed by atoms with E-state index >= 15 is 0 Å². The van der Waals surface area contributed by atoms with Crippen LogP contribution in [0.4, 0.5) is 0 Å². The van der Waals surface area contributed by atoms with E-state index in [9.17, 15) is 0 Å². The molecule has 0 unspecified atom stereocenters. The zero-order chi connectivity index (χ0) is 22.1. The fourth-order valence-corrected chi connectivity index (χ4v) is 3.70. The highest BCUT2D eigenvalue weighted by atomic mass is 35.5. The molecule has 2 aromatic carbocycles. The average Bonchev–Trinajstić information content (AvgIpc) is 3.24. The molecule has 2 N–H and O–H groups in total. The van der Waals surface area contributed by atoms with E-state index in [2.05, 4.69) is 15.2 Å². The molecule has 0 spiro atoms. The first-order chi connectivity index (χ1) is 15.7. The predicted molar refractivity (Wildman–Crippen MR) is 122 cm³/mol. The van der Waals surface area contributed by atoms with Crippen LogP contribution in [0.2, 0.25) is 5.02 Å². The molecular weight excluding hydrogens is 428 g/mol. The average molecular weight is 447 g/mol.